The van der Waals surface area contributed by atoms with Gasteiger partial charge in [-0.1, -0.05) is 43.3 Å². The van der Waals surface area contributed by atoms with E-state index in [1.54, 1.807) is 50.0 Å². The number of sulfone groups is 1. The van der Waals surface area contributed by atoms with E-state index in [4.69, 9.17) is 0 Å². The molecule has 1 atom stereocenters. The standard InChI is InChI=1S/C22H25N3O3S/c1-4-29(27,28)16-17(2)24(3)22(26)19-11-8-12-20(15-19)25-21(13-14-23-25)18-9-6-5-7-10-18/h5-15,17H,4,16H2,1-3H3. The highest BCUT2D eigenvalue weighted by molar-refractivity contribution is 7.91. The Morgan fingerprint density at radius 1 is 1.10 bits per heavy atom. The molecule has 6 nitrogen and oxygen atoms in total. The lowest BCUT2D eigenvalue weighted by Crippen LogP contribution is -2.39. The number of carbonyl (C=O) groups is 1. The average Bonchev–Trinajstić information content (AvgIpc) is 3.23. The molecule has 0 aliphatic carbocycles. The molecule has 152 valence electrons. The maximum Gasteiger partial charge on any atom is 0.253 e. The summed E-state index contributed by atoms with van der Waals surface area (Å²) in [7, 11) is -1.53. The van der Waals surface area contributed by atoms with Crippen LogP contribution in [0.1, 0.15) is 24.2 Å². The molecule has 0 fully saturated rings. The maximum atomic E-state index is 12.9. The Balaban J connectivity index is 1.87. The third-order valence-corrected chi connectivity index (χ3v) is 6.84. The average molecular weight is 412 g/mol. The fourth-order valence-electron chi connectivity index (χ4n) is 3.11. The molecular formula is C22H25N3O3S. The number of hydrogen-bond acceptors (Lipinski definition) is 4. The van der Waals surface area contributed by atoms with E-state index < -0.39 is 15.9 Å². The van der Waals surface area contributed by atoms with Crippen LogP contribution >= 0.6 is 0 Å². The lowest BCUT2D eigenvalue weighted by atomic mass is 10.1. The number of aromatic nitrogens is 2. The van der Waals surface area contributed by atoms with E-state index in [0.29, 0.717) is 5.56 Å². The van der Waals surface area contributed by atoms with Crippen LogP contribution in [0.5, 0.6) is 0 Å². The Morgan fingerprint density at radius 2 is 1.83 bits per heavy atom. The van der Waals surface area contributed by atoms with E-state index in [-0.39, 0.29) is 17.4 Å². The molecule has 0 spiro atoms. The number of hydrogen-bond donors (Lipinski definition) is 0. The minimum absolute atomic E-state index is 0.0528. The third kappa shape index (κ3) is 4.74. The van der Waals surface area contributed by atoms with Gasteiger partial charge in [0.2, 0.25) is 0 Å². The topological polar surface area (TPSA) is 72.3 Å². The summed E-state index contributed by atoms with van der Waals surface area (Å²) >= 11 is 0. The molecule has 0 bridgehead atoms. The van der Waals surface area contributed by atoms with Gasteiger partial charge in [0.05, 0.1) is 23.3 Å². The lowest BCUT2D eigenvalue weighted by molar-refractivity contribution is 0.0756. The predicted molar refractivity (Wildman–Crippen MR) is 115 cm³/mol. The zero-order chi connectivity index (χ0) is 21.0. The van der Waals surface area contributed by atoms with Crippen molar-refractivity contribution in [2.24, 2.45) is 0 Å². The summed E-state index contributed by atoms with van der Waals surface area (Å²) < 4.78 is 25.6. The van der Waals surface area contributed by atoms with E-state index >= 15 is 0 Å². The largest absolute Gasteiger partial charge is 0.338 e. The van der Waals surface area contributed by atoms with Gasteiger partial charge in [0.15, 0.2) is 9.84 Å². The fraction of sp³-hybridized carbons (Fsp3) is 0.273. The van der Waals surface area contributed by atoms with Gasteiger partial charge in [-0.15, -0.1) is 0 Å². The van der Waals surface area contributed by atoms with Gasteiger partial charge in [-0.25, -0.2) is 13.1 Å². The van der Waals surface area contributed by atoms with Crippen molar-refractivity contribution in [1.82, 2.24) is 14.7 Å². The molecule has 0 radical (unpaired) electrons. The predicted octanol–water partition coefficient (Wildman–Crippen LogP) is 3.43. The number of carbonyl (C=O) groups excluding carboxylic acids is 1. The Hall–Kier alpha value is -2.93. The van der Waals surface area contributed by atoms with E-state index in [2.05, 4.69) is 5.10 Å². The fourth-order valence-corrected chi connectivity index (χ4v) is 4.30. The first-order valence-corrected chi connectivity index (χ1v) is 11.3. The first-order valence-electron chi connectivity index (χ1n) is 9.50. The Morgan fingerprint density at radius 3 is 2.52 bits per heavy atom. The van der Waals surface area contributed by atoms with Gasteiger partial charge in [0.25, 0.3) is 5.91 Å². The smallest absolute Gasteiger partial charge is 0.253 e. The lowest BCUT2D eigenvalue weighted by Gasteiger charge is -2.25. The first kappa shape index (κ1) is 20.8. The zero-order valence-corrected chi connectivity index (χ0v) is 17.6. The maximum absolute atomic E-state index is 12.9. The molecule has 29 heavy (non-hydrogen) atoms. The molecule has 7 heteroatoms. The Labute approximate surface area is 171 Å². The van der Waals surface area contributed by atoms with Crippen LogP contribution in [0.25, 0.3) is 16.9 Å². The molecule has 0 aliphatic heterocycles. The molecule has 1 amide bonds. The van der Waals surface area contributed by atoms with E-state index in [1.165, 1.54) is 4.90 Å². The summed E-state index contributed by atoms with van der Waals surface area (Å²) in [6.45, 7) is 3.36. The second kappa shape index (κ2) is 8.61. The molecular weight excluding hydrogens is 386 g/mol. The van der Waals surface area contributed by atoms with Crippen molar-refractivity contribution >= 4 is 15.7 Å². The highest BCUT2D eigenvalue weighted by Gasteiger charge is 2.22. The van der Waals surface area contributed by atoms with Crippen LogP contribution < -0.4 is 0 Å². The summed E-state index contributed by atoms with van der Waals surface area (Å²) in [5.41, 5.74) is 3.20. The SMILES string of the molecule is CCS(=O)(=O)CC(C)N(C)C(=O)c1cccc(-n2nccc2-c2ccccc2)c1. The van der Waals surface area contributed by atoms with Gasteiger partial charge >= 0.3 is 0 Å². The second-order valence-electron chi connectivity index (χ2n) is 7.01. The number of rotatable bonds is 7. The van der Waals surface area contributed by atoms with Crippen molar-refractivity contribution in [3.05, 3.63) is 72.4 Å². The van der Waals surface area contributed by atoms with Crippen LogP contribution in [0.3, 0.4) is 0 Å². The molecule has 0 saturated heterocycles. The van der Waals surface area contributed by atoms with Gasteiger partial charge in [-0.05, 0) is 31.2 Å². The molecule has 1 aromatic heterocycles. The van der Waals surface area contributed by atoms with Crippen LogP contribution in [0.2, 0.25) is 0 Å². The minimum atomic E-state index is -3.17. The normalized spacial score (nSPS) is 12.5. The van der Waals surface area contributed by atoms with Crippen LogP contribution in [-0.4, -0.2) is 53.6 Å². The molecule has 0 N–H and O–H groups in total. The van der Waals surface area contributed by atoms with Crippen molar-refractivity contribution in [1.29, 1.82) is 0 Å². The van der Waals surface area contributed by atoms with E-state index in [0.717, 1.165) is 16.9 Å². The van der Waals surface area contributed by atoms with Crippen LogP contribution in [-0.2, 0) is 9.84 Å². The number of benzene rings is 2. The minimum Gasteiger partial charge on any atom is -0.338 e. The van der Waals surface area contributed by atoms with E-state index in [9.17, 15) is 13.2 Å². The molecule has 1 heterocycles. The van der Waals surface area contributed by atoms with Crippen molar-refractivity contribution < 1.29 is 13.2 Å². The molecule has 3 rings (SSSR count). The van der Waals surface area contributed by atoms with Gasteiger partial charge in [-0.2, -0.15) is 5.10 Å². The first-order chi connectivity index (χ1) is 13.8. The molecule has 3 aromatic rings. The number of nitrogens with zero attached hydrogens (tertiary/aromatic N) is 3. The summed E-state index contributed by atoms with van der Waals surface area (Å²) in [6, 6.07) is 18.6. The second-order valence-corrected chi connectivity index (χ2v) is 9.41. The highest BCUT2D eigenvalue weighted by Crippen LogP contribution is 2.23. The van der Waals surface area contributed by atoms with Crippen LogP contribution in [0.15, 0.2) is 66.9 Å². The van der Waals surface area contributed by atoms with Crippen molar-refractivity contribution in [3.63, 3.8) is 0 Å². The zero-order valence-electron chi connectivity index (χ0n) is 16.8. The molecule has 0 saturated carbocycles. The third-order valence-electron chi connectivity index (χ3n) is 4.97. The Bertz CT molecular complexity index is 1090. The van der Waals surface area contributed by atoms with E-state index in [1.807, 2.05) is 42.5 Å². The van der Waals surface area contributed by atoms with Crippen LogP contribution in [0, 0.1) is 0 Å². The summed E-state index contributed by atoms with van der Waals surface area (Å²) in [5, 5.41) is 4.42. The van der Waals surface area contributed by atoms with Gasteiger partial charge in [0.1, 0.15) is 0 Å². The Kier molecular flexibility index (Phi) is 6.17. The summed E-state index contributed by atoms with van der Waals surface area (Å²) in [5.74, 6) is -0.210. The van der Waals surface area contributed by atoms with Crippen LogP contribution in [0.4, 0.5) is 0 Å². The van der Waals surface area contributed by atoms with Gasteiger partial charge in [-0.3, -0.25) is 4.79 Å². The molecule has 0 aliphatic rings. The number of amides is 1. The quantitative estimate of drug-likeness (QED) is 0.597. The van der Waals surface area contributed by atoms with Crippen molar-refractivity contribution in [2.75, 3.05) is 18.6 Å². The van der Waals surface area contributed by atoms with Crippen molar-refractivity contribution in [3.8, 4) is 16.9 Å². The molecule has 2 aromatic carbocycles. The highest BCUT2D eigenvalue weighted by atomic mass is 32.2. The monoisotopic (exact) mass is 411 g/mol. The molecule has 1 unspecified atom stereocenters. The van der Waals surface area contributed by atoms with Gasteiger partial charge in [0, 0.05) is 30.0 Å². The van der Waals surface area contributed by atoms with Gasteiger partial charge < -0.3 is 4.90 Å². The summed E-state index contributed by atoms with van der Waals surface area (Å²) in [4.78, 5) is 14.4. The van der Waals surface area contributed by atoms with Crippen molar-refractivity contribution in [2.45, 2.75) is 19.9 Å². The summed E-state index contributed by atoms with van der Waals surface area (Å²) in [6.07, 6.45) is 1.72.